The van der Waals surface area contributed by atoms with E-state index in [0.717, 1.165) is 11.8 Å². The highest BCUT2D eigenvalue weighted by Gasteiger charge is 2.48. The van der Waals surface area contributed by atoms with Gasteiger partial charge in [-0.2, -0.15) is 8.78 Å². The lowest BCUT2D eigenvalue weighted by Crippen LogP contribution is -2.44. The number of carbonyl (C=O) groups is 1. The largest absolute Gasteiger partial charge is 0.444 e. The van der Waals surface area contributed by atoms with Gasteiger partial charge in [0.05, 0.1) is 34.6 Å². The van der Waals surface area contributed by atoms with E-state index in [1.165, 1.54) is 16.4 Å². The van der Waals surface area contributed by atoms with Crippen LogP contribution in [0.5, 0.6) is 5.75 Å². The summed E-state index contributed by atoms with van der Waals surface area (Å²) in [4.78, 5) is 26.2. The maximum absolute atomic E-state index is 13.4. The summed E-state index contributed by atoms with van der Waals surface area (Å²) in [7, 11) is -3.80. The minimum Gasteiger partial charge on any atom is -0.444 e. The van der Waals surface area contributed by atoms with Crippen LogP contribution in [0.3, 0.4) is 0 Å². The third-order valence-electron chi connectivity index (χ3n) is 7.60. The standard InChI is InChI=1S/C30H32F2N6O5S/c1-29(2,3)43-28(39)36-30(4,5)26-33-14-17(15-34-26)16-10-11-18-20(12-16)37-21-13-22(25(37)35-18)38(44(6,40)41)19-8-7-9-23(24(19)21)42-27(31)32/h7-12,14-15,21-22,27H,13H2,1-6H3,(H,36,39)/t21-,22-/m1/s1. The maximum atomic E-state index is 13.4. The predicted octanol–water partition coefficient (Wildman–Crippen LogP) is 5.67. The number of alkyl carbamates (subject to hydrolysis) is 1. The molecule has 2 aliphatic rings. The number of hydrogen-bond acceptors (Lipinski definition) is 8. The Morgan fingerprint density at radius 1 is 1.05 bits per heavy atom. The zero-order chi connectivity index (χ0) is 31.8. The Balaban J connectivity index is 1.39. The molecule has 0 unspecified atom stereocenters. The smallest absolute Gasteiger partial charge is 0.408 e. The van der Waals surface area contributed by atoms with E-state index in [4.69, 9.17) is 14.5 Å². The molecule has 2 aliphatic heterocycles. The summed E-state index contributed by atoms with van der Waals surface area (Å²) in [5.41, 5.74) is 1.89. The molecule has 1 N–H and O–H groups in total. The summed E-state index contributed by atoms with van der Waals surface area (Å²) in [5, 5.41) is 2.80. The molecule has 0 saturated carbocycles. The number of nitrogens with one attached hydrogen (secondary N) is 1. The van der Waals surface area contributed by atoms with Gasteiger partial charge in [-0.15, -0.1) is 0 Å². The first-order valence-electron chi connectivity index (χ1n) is 14.0. The van der Waals surface area contributed by atoms with E-state index in [0.29, 0.717) is 45.9 Å². The minimum atomic E-state index is -3.80. The first-order chi connectivity index (χ1) is 20.5. The Morgan fingerprint density at radius 2 is 1.75 bits per heavy atom. The van der Waals surface area contributed by atoms with Crippen LogP contribution in [0.15, 0.2) is 48.8 Å². The van der Waals surface area contributed by atoms with E-state index in [-0.39, 0.29) is 5.75 Å². The van der Waals surface area contributed by atoms with Crippen molar-refractivity contribution in [1.82, 2.24) is 24.8 Å². The first-order valence-corrected chi connectivity index (χ1v) is 15.8. The van der Waals surface area contributed by atoms with Crippen LogP contribution in [0.2, 0.25) is 0 Å². The van der Waals surface area contributed by atoms with Crippen LogP contribution in [0.4, 0.5) is 19.3 Å². The fourth-order valence-corrected chi connectivity index (χ4v) is 7.13. The Kier molecular flexibility index (Phi) is 6.83. The minimum absolute atomic E-state index is 0.0768. The van der Waals surface area contributed by atoms with Gasteiger partial charge < -0.3 is 19.4 Å². The van der Waals surface area contributed by atoms with Crippen LogP contribution >= 0.6 is 0 Å². The lowest BCUT2D eigenvalue weighted by molar-refractivity contribution is -0.0506. The van der Waals surface area contributed by atoms with Crippen molar-refractivity contribution in [3.05, 3.63) is 66.0 Å². The number of alkyl halides is 2. The van der Waals surface area contributed by atoms with Crippen LogP contribution in [0.25, 0.3) is 22.2 Å². The van der Waals surface area contributed by atoms with E-state index in [9.17, 15) is 22.0 Å². The number of nitrogens with zero attached hydrogens (tertiary/aromatic N) is 5. The van der Waals surface area contributed by atoms with Gasteiger partial charge in [0.15, 0.2) is 5.82 Å². The third-order valence-corrected chi connectivity index (χ3v) is 8.77. The molecule has 1 amide bonds. The highest BCUT2D eigenvalue weighted by molar-refractivity contribution is 7.92. The van der Waals surface area contributed by atoms with Gasteiger partial charge in [-0.3, -0.25) is 4.31 Å². The van der Waals surface area contributed by atoms with Crippen LogP contribution in [-0.2, 0) is 20.3 Å². The van der Waals surface area contributed by atoms with Gasteiger partial charge in [0, 0.05) is 29.9 Å². The summed E-state index contributed by atoms with van der Waals surface area (Å²) in [6, 6.07) is 9.03. The summed E-state index contributed by atoms with van der Waals surface area (Å²) in [6.45, 7) is 5.80. The summed E-state index contributed by atoms with van der Waals surface area (Å²) in [5.74, 6) is 0.830. The van der Waals surface area contributed by atoms with E-state index in [1.54, 1.807) is 53.1 Å². The topological polar surface area (TPSA) is 129 Å². The molecule has 0 fully saturated rings. The van der Waals surface area contributed by atoms with Crippen LogP contribution in [0.1, 0.15) is 70.3 Å². The number of ether oxygens (including phenoxy) is 2. The van der Waals surface area contributed by atoms with Gasteiger partial charge in [-0.25, -0.2) is 28.2 Å². The highest BCUT2D eigenvalue weighted by Crippen LogP contribution is 2.55. The molecule has 232 valence electrons. The molecule has 0 aliphatic carbocycles. The monoisotopic (exact) mass is 626 g/mol. The number of amides is 1. The Hall–Kier alpha value is -4.33. The molecular weight excluding hydrogens is 594 g/mol. The van der Waals surface area contributed by atoms with Crippen molar-refractivity contribution in [3.8, 4) is 16.9 Å². The second-order valence-electron chi connectivity index (χ2n) is 12.5. The second-order valence-corrected chi connectivity index (χ2v) is 14.3. The molecule has 2 aromatic carbocycles. The molecule has 11 nitrogen and oxygen atoms in total. The quantitative estimate of drug-likeness (QED) is 0.290. The van der Waals surface area contributed by atoms with E-state index in [1.807, 2.05) is 22.8 Å². The van der Waals surface area contributed by atoms with Crippen LogP contribution in [0, 0.1) is 0 Å². The van der Waals surface area contributed by atoms with Crippen molar-refractivity contribution in [2.45, 2.75) is 70.9 Å². The fourth-order valence-electron chi connectivity index (χ4n) is 5.97. The third kappa shape index (κ3) is 5.20. The highest BCUT2D eigenvalue weighted by atomic mass is 32.2. The normalized spacial score (nSPS) is 17.9. The molecule has 44 heavy (non-hydrogen) atoms. The second kappa shape index (κ2) is 10.1. The average molecular weight is 627 g/mol. The maximum Gasteiger partial charge on any atom is 0.408 e. The molecule has 2 bridgehead atoms. The van der Waals surface area contributed by atoms with Crippen LogP contribution in [-0.4, -0.2) is 52.5 Å². The first kappa shape index (κ1) is 29.7. The summed E-state index contributed by atoms with van der Waals surface area (Å²) >= 11 is 0. The Labute approximate surface area is 253 Å². The van der Waals surface area contributed by atoms with E-state index < -0.39 is 46.0 Å². The van der Waals surface area contributed by atoms with Crippen molar-refractivity contribution in [1.29, 1.82) is 0 Å². The number of fused-ring (bicyclic) bond motifs is 9. The zero-order valence-corrected chi connectivity index (χ0v) is 25.8. The lowest BCUT2D eigenvalue weighted by Gasteiger charge is -2.35. The molecule has 2 aromatic heterocycles. The molecule has 2 atom stereocenters. The van der Waals surface area contributed by atoms with Crippen molar-refractivity contribution < 1.29 is 31.5 Å². The number of anilines is 1. The molecule has 6 rings (SSSR count). The van der Waals surface area contributed by atoms with Crippen molar-refractivity contribution in [3.63, 3.8) is 0 Å². The van der Waals surface area contributed by atoms with Gasteiger partial charge in [-0.1, -0.05) is 12.1 Å². The number of imidazole rings is 1. The van der Waals surface area contributed by atoms with E-state index >= 15 is 0 Å². The molecule has 4 heterocycles. The molecule has 0 radical (unpaired) electrons. The van der Waals surface area contributed by atoms with Crippen molar-refractivity contribution >= 4 is 32.8 Å². The number of aromatic nitrogens is 4. The fraction of sp³-hybridized carbons (Fsp3) is 0.400. The predicted molar refractivity (Wildman–Crippen MR) is 159 cm³/mol. The SMILES string of the molecule is CC(C)(C)OC(=O)NC(C)(C)c1ncc(-c2ccc3nc4n(c3c2)[C@@H]2C[C@H]4N(S(C)(=O)=O)c3cccc(OC(F)F)c32)cn1. The van der Waals surface area contributed by atoms with E-state index in [2.05, 4.69) is 15.3 Å². The van der Waals surface area contributed by atoms with Gasteiger partial charge in [0.2, 0.25) is 10.0 Å². The number of sulfonamides is 1. The Morgan fingerprint density at radius 3 is 2.39 bits per heavy atom. The van der Waals surface area contributed by atoms with Gasteiger partial charge in [-0.05, 0) is 64.4 Å². The number of benzene rings is 2. The number of rotatable bonds is 6. The lowest BCUT2D eigenvalue weighted by atomic mass is 9.95. The zero-order valence-electron chi connectivity index (χ0n) is 25.0. The van der Waals surface area contributed by atoms with Gasteiger partial charge in [0.25, 0.3) is 0 Å². The Bertz CT molecular complexity index is 1890. The molecule has 4 aromatic rings. The molecule has 0 spiro atoms. The number of halogens is 2. The molecular formula is C30H32F2N6O5S. The van der Waals surface area contributed by atoms with Crippen LogP contribution < -0.4 is 14.4 Å². The van der Waals surface area contributed by atoms with Gasteiger partial charge >= 0.3 is 12.7 Å². The number of carbonyl (C=O) groups excluding carboxylic acids is 1. The van der Waals surface area contributed by atoms with Crippen molar-refractivity contribution in [2.24, 2.45) is 0 Å². The number of hydrogen-bond donors (Lipinski definition) is 1. The van der Waals surface area contributed by atoms with Crippen molar-refractivity contribution in [2.75, 3.05) is 10.6 Å². The summed E-state index contributed by atoms with van der Waals surface area (Å²) < 4.78 is 66.2. The summed E-state index contributed by atoms with van der Waals surface area (Å²) in [6.07, 6.45) is 4.13. The van der Waals surface area contributed by atoms with Gasteiger partial charge in [0.1, 0.15) is 23.2 Å². The molecule has 0 saturated heterocycles. The average Bonchev–Trinajstić information content (AvgIpc) is 3.42. The molecule has 14 heteroatoms.